The van der Waals surface area contributed by atoms with E-state index >= 15 is 0 Å². The van der Waals surface area contributed by atoms with E-state index in [2.05, 4.69) is 16.6 Å². The molecule has 12 nitrogen and oxygen atoms in total. The minimum Gasteiger partial charge on any atom is -0.497 e. The molecule has 3 aromatic rings. The van der Waals surface area contributed by atoms with Gasteiger partial charge in [-0.2, -0.15) is 0 Å². The number of hydrogen-bond acceptors (Lipinski definition) is 9. The Balaban J connectivity index is 1.31. The zero-order valence-electron chi connectivity index (χ0n) is 28.0. The van der Waals surface area contributed by atoms with Crippen LogP contribution in [-0.4, -0.2) is 83.8 Å². The summed E-state index contributed by atoms with van der Waals surface area (Å²) in [6.45, 7) is 8.89. The minimum atomic E-state index is -3.87. The number of carbonyl (C=O) groups excluding carboxylic acids is 3. The standard InChI is InChI=1S/C36H42N4O8S/c1-6-22-19-36(22,34(44)39-49(45,46)25-13-14-25)38-32(42)29-17-24(20-40(29)33(43)31(41)35(2,3)4)48-30-18-27(21-10-8-7-9-11-21)37-28-16-23(47-5)12-15-26(28)30/h6-12,15-16,18,22,24-25,29,31,41H,1,13-14,17,19-20H2,2-5H3,(H,38,42)(H,39,44)/t22-,24-,29?,31-,36-/m1/s1. The van der Waals surface area contributed by atoms with Gasteiger partial charge in [0.05, 0.1) is 30.1 Å². The molecule has 1 unspecified atom stereocenters. The number of likely N-dealkylation sites (tertiary alicyclic amines) is 1. The number of sulfonamides is 1. The van der Waals surface area contributed by atoms with Gasteiger partial charge in [-0.3, -0.25) is 19.1 Å². The van der Waals surface area contributed by atoms with E-state index in [9.17, 15) is 27.9 Å². The first-order chi connectivity index (χ1) is 23.2. The predicted octanol–water partition coefficient (Wildman–Crippen LogP) is 3.34. The second-order valence-electron chi connectivity index (χ2n) is 14.2. The van der Waals surface area contributed by atoms with Gasteiger partial charge in [0.15, 0.2) is 0 Å². The number of aliphatic hydroxyl groups is 1. The van der Waals surface area contributed by atoms with Crippen LogP contribution in [0.4, 0.5) is 0 Å². The summed E-state index contributed by atoms with van der Waals surface area (Å²) < 4.78 is 39.4. The van der Waals surface area contributed by atoms with Crippen molar-refractivity contribution in [2.75, 3.05) is 13.7 Å². The largest absolute Gasteiger partial charge is 0.497 e. The van der Waals surface area contributed by atoms with Crippen LogP contribution in [0.2, 0.25) is 0 Å². The molecule has 2 aromatic carbocycles. The van der Waals surface area contributed by atoms with Crippen LogP contribution >= 0.6 is 0 Å². The molecular weight excluding hydrogens is 648 g/mol. The van der Waals surface area contributed by atoms with Crippen LogP contribution in [0, 0.1) is 11.3 Å². The van der Waals surface area contributed by atoms with E-state index in [1.165, 1.54) is 11.0 Å². The van der Waals surface area contributed by atoms with Gasteiger partial charge >= 0.3 is 0 Å². The summed E-state index contributed by atoms with van der Waals surface area (Å²) in [7, 11) is -2.30. The molecule has 13 heteroatoms. The Morgan fingerprint density at radius 2 is 1.84 bits per heavy atom. The third-order valence-corrected chi connectivity index (χ3v) is 11.3. The van der Waals surface area contributed by atoms with Gasteiger partial charge in [-0.15, -0.1) is 6.58 Å². The lowest BCUT2D eigenvalue weighted by Crippen LogP contribution is -2.57. The van der Waals surface area contributed by atoms with Gasteiger partial charge < -0.3 is 24.8 Å². The summed E-state index contributed by atoms with van der Waals surface area (Å²) >= 11 is 0. The first-order valence-corrected chi connectivity index (χ1v) is 17.9. The topological polar surface area (TPSA) is 164 Å². The molecule has 3 fully saturated rings. The van der Waals surface area contributed by atoms with Crippen LogP contribution in [-0.2, 0) is 24.4 Å². The van der Waals surface area contributed by atoms with Crippen molar-refractivity contribution >= 4 is 38.6 Å². The third-order valence-electron chi connectivity index (χ3n) is 9.49. The maximum atomic E-state index is 14.1. The van der Waals surface area contributed by atoms with Crippen molar-refractivity contribution in [1.82, 2.24) is 19.9 Å². The number of nitrogens with zero attached hydrogens (tertiary/aromatic N) is 2. The number of benzene rings is 2. The van der Waals surface area contributed by atoms with E-state index in [1.807, 2.05) is 42.5 Å². The molecule has 0 radical (unpaired) electrons. The number of methoxy groups -OCH3 is 1. The molecule has 1 aliphatic heterocycles. The number of pyridine rings is 1. The van der Waals surface area contributed by atoms with Gasteiger partial charge in [0.1, 0.15) is 35.3 Å². The lowest BCUT2D eigenvalue weighted by atomic mass is 9.88. The SMILES string of the molecule is C=C[C@@H]1C[C@]1(NC(=O)C1C[C@@H](Oc2cc(-c3ccccc3)nc3cc(OC)ccc23)CN1C(=O)[C@@H](O)C(C)(C)C)C(=O)NS(=O)(=O)C1CC1. The molecule has 3 aliphatic rings. The number of fused-ring (bicyclic) bond motifs is 1. The van der Waals surface area contributed by atoms with Gasteiger partial charge in [-0.25, -0.2) is 13.4 Å². The summed E-state index contributed by atoms with van der Waals surface area (Å²) in [5.41, 5.74) is -0.220. The van der Waals surface area contributed by atoms with Gasteiger partial charge in [0.2, 0.25) is 15.9 Å². The average molecular weight is 691 g/mol. The zero-order chi connectivity index (χ0) is 35.3. The van der Waals surface area contributed by atoms with Crippen molar-refractivity contribution in [3.05, 3.63) is 67.3 Å². The molecule has 3 N–H and O–H groups in total. The maximum absolute atomic E-state index is 14.1. The third kappa shape index (κ3) is 6.86. The number of carbonyl (C=O) groups is 3. The number of amides is 3. The lowest BCUT2D eigenvalue weighted by molar-refractivity contribution is -0.150. The van der Waals surface area contributed by atoms with E-state index in [0.717, 1.165) is 5.56 Å². The molecule has 0 bridgehead atoms. The molecule has 2 aliphatic carbocycles. The first kappa shape index (κ1) is 34.4. The Morgan fingerprint density at radius 1 is 1.12 bits per heavy atom. The van der Waals surface area contributed by atoms with Crippen molar-refractivity contribution in [2.45, 2.75) is 75.5 Å². The summed E-state index contributed by atoms with van der Waals surface area (Å²) in [6.07, 6.45) is 0.540. The first-order valence-electron chi connectivity index (χ1n) is 16.4. The average Bonchev–Trinajstić information content (AvgIpc) is 4.00. The summed E-state index contributed by atoms with van der Waals surface area (Å²) in [6, 6.07) is 15.7. The maximum Gasteiger partial charge on any atom is 0.259 e. The quantitative estimate of drug-likeness (QED) is 0.256. The molecule has 6 rings (SSSR count). The van der Waals surface area contributed by atoms with Gasteiger partial charge in [0.25, 0.3) is 11.8 Å². The van der Waals surface area contributed by atoms with Gasteiger partial charge in [-0.1, -0.05) is 57.2 Å². The smallest absolute Gasteiger partial charge is 0.259 e. The number of hydrogen-bond donors (Lipinski definition) is 3. The Bertz CT molecular complexity index is 1910. The van der Waals surface area contributed by atoms with Crippen molar-refractivity contribution in [2.24, 2.45) is 11.3 Å². The van der Waals surface area contributed by atoms with Crippen molar-refractivity contribution in [1.29, 1.82) is 0 Å². The molecular formula is C36H42N4O8S. The molecule has 2 heterocycles. The number of ether oxygens (including phenoxy) is 2. The Labute approximate surface area is 285 Å². The highest BCUT2D eigenvalue weighted by Gasteiger charge is 2.62. The molecule has 0 spiro atoms. The predicted molar refractivity (Wildman–Crippen MR) is 183 cm³/mol. The van der Waals surface area contributed by atoms with Crippen LogP contribution in [0.15, 0.2) is 67.3 Å². The molecule has 2 saturated carbocycles. The van der Waals surface area contributed by atoms with Crippen molar-refractivity contribution in [3.63, 3.8) is 0 Å². The second-order valence-corrected chi connectivity index (χ2v) is 16.1. The molecule has 1 saturated heterocycles. The van der Waals surface area contributed by atoms with E-state index < -0.39 is 68.1 Å². The van der Waals surface area contributed by atoms with E-state index in [1.54, 1.807) is 40.0 Å². The fraction of sp³-hybridized carbons (Fsp3) is 0.444. The molecule has 49 heavy (non-hydrogen) atoms. The zero-order valence-corrected chi connectivity index (χ0v) is 28.8. The van der Waals surface area contributed by atoms with Crippen molar-refractivity contribution < 1.29 is 37.4 Å². The fourth-order valence-corrected chi connectivity index (χ4v) is 7.62. The van der Waals surface area contributed by atoms with Crippen LogP contribution in [0.25, 0.3) is 22.2 Å². The van der Waals surface area contributed by atoms with E-state index in [-0.39, 0.29) is 19.4 Å². The van der Waals surface area contributed by atoms with Crippen molar-refractivity contribution in [3.8, 4) is 22.8 Å². The molecule has 3 amide bonds. The number of aromatic nitrogens is 1. The fourth-order valence-electron chi connectivity index (χ4n) is 6.26. The van der Waals surface area contributed by atoms with E-state index in [4.69, 9.17) is 14.5 Å². The van der Waals surface area contributed by atoms with Gasteiger partial charge in [0, 0.05) is 35.4 Å². The number of aliphatic hydroxyl groups excluding tert-OH is 1. The summed E-state index contributed by atoms with van der Waals surface area (Å²) in [4.78, 5) is 47.3. The lowest BCUT2D eigenvalue weighted by Gasteiger charge is -2.32. The van der Waals surface area contributed by atoms with Crippen LogP contribution in [0.1, 0.15) is 46.5 Å². The van der Waals surface area contributed by atoms with E-state index in [0.29, 0.717) is 40.9 Å². The van der Waals surface area contributed by atoms with Crippen LogP contribution in [0.5, 0.6) is 11.5 Å². The van der Waals surface area contributed by atoms with Crippen LogP contribution < -0.4 is 19.5 Å². The Morgan fingerprint density at radius 3 is 2.45 bits per heavy atom. The number of rotatable bonds is 11. The molecule has 5 atom stereocenters. The normalized spacial score (nSPS) is 24.2. The minimum absolute atomic E-state index is 0.0230. The summed E-state index contributed by atoms with van der Waals surface area (Å²) in [5, 5.41) is 13.9. The highest BCUT2D eigenvalue weighted by molar-refractivity contribution is 7.91. The second kappa shape index (κ2) is 12.8. The highest BCUT2D eigenvalue weighted by Crippen LogP contribution is 2.45. The molecule has 260 valence electrons. The Hall–Kier alpha value is -4.49. The highest BCUT2D eigenvalue weighted by atomic mass is 32.2. The molecule has 1 aromatic heterocycles. The number of nitrogens with one attached hydrogen (secondary N) is 2. The Kier molecular flexibility index (Phi) is 8.95. The monoisotopic (exact) mass is 690 g/mol. The summed E-state index contributed by atoms with van der Waals surface area (Å²) in [5.74, 6) is -1.54. The van der Waals surface area contributed by atoms with Crippen LogP contribution in [0.3, 0.4) is 0 Å². The van der Waals surface area contributed by atoms with Gasteiger partial charge in [-0.05, 0) is 36.8 Å².